The number of carbonyl (C=O) groups excluding carboxylic acids is 2. The fraction of sp³-hybridized carbons (Fsp3) is 0.423. The lowest BCUT2D eigenvalue weighted by molar-refractivity contribution is -0.145. The van der Waals surface area contributed by atoms with Crippen LogP contribution in [-0.2, 0) is 22.7 Å². The van der Waals surface area contributed by atoms with Gasteiger partial charge in [-0.3, -0.25) is 14.6 Å². The van der Waals surface area contributed by atoms with E-state index in [1.54, 1.807) is 17.0 Å². The average Bonchev–Trinajstić information content (AvgIpc) is 3.46. The summed E-state index contributed by atoms with van der Waals surface area (Å²) < 4.78 is 17.7. The number of alkyl halides is 1. The number of nitrogens with one attached hydrogen (secondary N) is 2. The fourth-order valence-electron chi connectivity index (χ4n) is 4.43. The van der Waals surface area contributed by atoms with Crippen molar-refractivity contribution in [1.29, 1.82) is 0 Å². The SMILES string of the molecule is Cc1cc2c(C)noc2cc1N(CC(=O)NCCNCCF)CC(=O)N(C)N1Cc2ccccc2C1.Cl. The Bertz CT molecular complexity index is 1210. The smallest absolute Gasteiger partial charge is 0.256 e. The predicted octanol–water partition coefficient (Wildman–Crippen LogP) is 2.74. The topological polar surface area (TPSA) is 93.9 Å². The first kappa shape index (κ1) is 28.4. The van der Waals surface area contributed by atoms with Crippen molar-refractivity contribution < 1.29 is 18.5 Å². The molecule has 1 aliphatic rings. The third-order valence-corrected chi connectivity index (χ3v) is 6.47. The lowest BCUT2D eigenvalue weighted by Crippen LogP contribution is -2.48. The van der Waals surface area contributed by atoms with Gasteiger partial charge in [0.2, 0.25) is 5.91 Å². The van der Waals surface area contributed by atoms with E-state index in [2.05, 4.69) is 27.9 Å². The summed E-state index contributed by atoms with van der Waals surface area (Å²) in [7, 11) is 1.76. The summed E-state index contributed by atoms with van der Waals surface area (Å²) in [6.45, 7) is 5.76. The number of anilines is 1. The lowest BCUT2D eigenvalue weighted by atomic mass is 10.1. The zero-order valence-corrected chi connectivity index (χ0v) is 22.2. The second kappa shape index (κ2) is 12.8. The number of hydrazine groups is 1. The highest BCUT2D eigenvalue weighted by Crippen LogP contribution is 2.29. The van der Waals surface area contributed by atoms with E-state index in [1.165, 1.54) is 11.1 Å². The number of amides is 2. The third kappa shape index (κ3) is 6.76. The molecular weight excluding hydrogens is 499 g/mol. The van der Waals surface area contributed by atoms with Gasteiger partial charge in [0, 0.05) is 56.9 Å². The molecule has 0 saturated carbocycles. The Morgan fingerprint density at radius 3 is 2.46 bits per heavy atom. The molecule has 2 aromatic carbocycles. The monoisotopic (exact) mass is 532 g/mol. The van der Waals surface area contributed by atoms with Gasteiger partial charge < -0.3 is 20.1 Å². The molecule has 0 radical (unpaired) electrons. The summed E-state index contributed by atoms with van der Waals surface area (Å²) in [4.78, 5) is 27.9. The number of rotatable bonds is 11. The Kier molecular flexibility index (Phi) is 9.85. The highest BCUT2D eigenvalue weighted by Gasteiger charge is 2.27. The number of benzene rings is 2. The summed E-state index contributed by atoms with van der Waals surface area (Å²) in [6, 6.07) is 12.0. The molecule has 0 fully saturated rings. The van der Waals surface area contributed by atoms with Crippen LogP contribution in [0.25, 0.3) is 11.0 Å². The maximum Gasteiger partial charge on any atom is 0.256 e. The van der Waals surface area contributed by atoms with E-state index in [9.17, 15) is 14.0 Å². The van der Waals surface area contributed by atoms with Crippen LogP contribution >= 0.6 is 12.4 Å². The summed E-state index contributed by atoms with van der Waals surface area (Å²) in [5.74, 6) is -0.359. The molecule has 1 aromatic heterocycles. The lowest BCUT2D eigenvalue weighted by Gasteiger charge is -2.31. The van der Waals surface area contributed by atoms with Crippen molar-refractivity contribution in [3.05, 3.63) is 58.8 Å². The number of likely N-dealkylation sites (N-methyl/N-ethyl adjacent to an activating group) is 1. The number of fused-ring (bicyclic) bond motifs is 2. The van der Waals surface area contributed by atoms with Crippen molar-refractivity contribution in [3.8, 4) is 0 Å². The minimum atomic E-state index is -0.456. The summed E-state index contributed by atoms with van der Waals surface area (Å²) in [6.07, 6.45) is 0. The minimum absolute atomic E-state index is 0. The van der Waals surface area contributed by atoms with Crippen LogP contribution in [0.2, 0.25) is 0 Å². The number of aromatic nitrogens is 1. The normalized spacial score (nSPS) is 12.8. The van der Waals surface area contributed by atoms with Gasteiger partial charge >= 0.3 is 0 Å². The Balaban J connectivity index is 0.00000380. The van der Waals surface area contributed by atoms with Crippen molar-refractivity contribution in [2.75, 3.05) is 51.3 Å². The van der Waals surface area contributed by atoms with Crippen LogP contribution in [0.15, 0.2) is 40.9 Å². The molecule has 0 aliphatic carbocycles. The van der Waals surface area contributed by atoms with Crippen molar-refractivity contribution in [3.63, 3.8) is 0 Å². The molecule has 1 aliphatic heterocycles. The largest absolute Gasteiger partial charge is 0.356 e. The Hall–Kier alpha value is -3.21. The fourth-order valence-corrected chi connectivity index (χ4v) is 4.43. The first-order chi connectivity index (χ1) is 17.4. The molecular formula is C26H34ClFN6O3. The number of hydrogen-bond acceptors (Lipinski definition) is 7. The van der Waals surface area contributed by atoms with E-state index in [0.29, 0.717) is 31.8 Å². The van der Waals surface area contributed by atoms with Crippen LogP contribution in [-0.4, -0.2) is 73.4 Å². The van der Waals surface area contributed by atoms with Gasteiger partial charge in [-0.15, -0.1) is 12.4 Å². The molecule has 2 heterocycles. The van der Waals surface area contributed by atoms with Gasteiger partial charge in [-0.1, -0.05) is 29.4 Å². The second-order valence-electron chi connectivity index (χ2n) is 9.06. The number of nitrogens with zero attached hydrogens (tertiary/aromatic N) is 4. The summed E-state index contributed by atoms with van der Waals surface area (Å²) in [5, 5.41) is 14.3. The van der Waals surface area contributed by atoms with E-state index in [-0.39, 0.29) is 43.9 Å². The quantitative estimate of drug-likeness (QED) is 0.367. The third-order valence-electron chi connectivity index (χ3n) is 6.47. The molecule has 11 heteroatoms. The van der Waals surface area contributed by atoms with Gasteiger partial charge in [0.15, 0.2) is 5.58 Å². The molecule has 2 amide bonds. The van der Waals surface area contributed by atoms with Crippen molar-refractivity contribution in [1.82, 2.24) is 25.8 Å². The Labute approximate surface area is 222 Å². The van der Waals surface area contributed by atoms with Gasteiger partial charge in [0.1, 0.15) is 6.67 Å². The Morgan fingerprint density at radius 1 is 1.08 bits per heavy atom. The van der Waals surface area contributed by atoms with E-state index in [0.717, 1.165) is 22.3 Å². The predicted molar refractivity (Wildman–Crippen MR) is 143 cm³/mol. The summed E-state index contributed by atoms with van der Waals surface area (Å²) >= 11 is 0. The van der Waals surface area contributed by atoms with Crippen LogP contribution in [0.1, 0.15) is 22.4 Å². The standard InChI is InChI=1S/C26H33FN6O3.ClH/c1-18-12-22-19(2)30-36-24(22)13-23(18)32(16-25(34)29-11-10-28-9-8-27)17-26(35)31(3)33-14-20-6-4-5-7-21(20)15-33;/h4-7,12-13,28H,8-11,14-17H2,1-3H3,(H,29,34);1H. The van der Waals surface area contributed by atoms with Crippen LogP contribution < -0.4 is 15.5 Å². The van der Waals surface area contributed by atoms with E-state index in [1.807, 2.05) is 43.1 Å². The first-order valence-corrected chi connectivity index (χ1v) is 12.1. The average molecular weight is 533 g/mol. The van der Waals surface area contributed by atoms with Gasteiger partial charge in [-0.2, -0.15) is 0 Å². The number of aryl methyl sites for hydroxylation is 2. The maximum atomic E-state index is 13.4. The number of hydrogen-bond donors (Lipinski definition) is 2. The molecule has 0 atom stereocenters. The van der Waals surface area contributed by atoms with Gasteiger partial charge in [0.25, 0.3) is 5.91 Å². The molecule has 0 bridgehead atoms. The van der Waals surface area contributed by atoms with E-state index in [4.69, 9.17) is 4.52 Å². The van der Waals surface area contributed by atoms with E-state index < -0.39 is 6.67 Å². The van der Waals surface area contributed by atoms with Crippen LogP contribution in [0.5, 0.6) is 0 Å². The highest BCUT2D eigenvalue weighted by atomic mass is 35.5. The molecule has 2 N–H and O–H groups in total. The molecule has 0 spiro atoms. The zero-order valence-electron chi connectivity index (χ0n) is 21.4. The first-order valence-electron chi connectivity index (χ1n) is 12.1. The van der Waals surface area contributed by atoms with Crippen molar-refractivity contribution >= 4 is 40.9 Å². The molecule has 4 rings (SSSR count). The maximum absolute atomic E-state index is 13.4. The molecule has 3 aromatic rings. The van der Waals surface area contributed by atoms with Crippen LogP contribution in [0.3, 0.4) is 0 Å². The highest BCUT2D eigenvalue weighted by molar-refractivity contribution is 5.90. The minimum Gasteiger partial charge on any atom is -0.356 e. The molecule has 200 valence electrons. The van der Waals surface area contributed by atoms with Crippen LogP contribution in [0, 0.1) is 13.8 Å². The molecule has 0 saturated heterocycles. The van der Waals surface area contributed by atoms with Gasteiger partial charge in [-0.25, -0.2) is 9.40 Å². The zero-order chi connectivity index (χ0) is 25.7. The second-order valence-corrected chi connectivity index (χ2v) is 9.06. The summed E-state index contributed by atoms with van der Waals surface area (Å²) in [5.41, 5.74) is 5.44. The van der Waals surface area contributed by atoms with E-state index >= 15 is 0 Å². The van der Waals surface area contributed by atoms with Crippen molar-refractivity contribution in [2.24, 2.45) is 0 Å². The van der Waals surface area contributed by atoms with Crippen LogP contribution in [0.4, 0.5) is 10.1 Å². The molecule has 0 unspecified atom stereocenters. The van der Waals surface area contributed by atoms with Gasteiger partial charge in [0.05, 0.1) is 18.8 Å². The van der Waals surface area contributed by atoms with Gasteiger partial charge in [-0.05, 0) is 36.6 Å². The molecule has 37 heavy (non-hydrogen) atoms. The number of carbonyl (C=O) groups is 2. The number of halogens is 2. The van der Waals surface area contributed by atoms with Crippen molar-refractivity contribution in [2.45, 2.75) is 26.9 Å². The molecule has 9 nitrogen and oxygen atoms in total. The Morgan fingerprint density at radius 2 is 1.78 bits per heavy atom.